The van der Waals surface area contributed by atoms with Gasteiger partial charge in [0.2, 0.25) is 11.8 Å². The number of aliphatic imine (C=N–C) groups is 2. The SMILES string of the molecule is O=C1OC(c2ccccc2)=N/C1=C\c1ccccc1OCCOc1ccccc1/C=C1\N=C(c2ccccc2)OC1=O. The molecule has 0 aromatic heterocycles. The van der Waals surface area contributed by atoms with E-state index in [0.29, 0.717) is 22.6 Å². The van der Waals surface area contributed by atoms with E-state index >= 15 is 0 Å². The Morgan fingerprint density at radius 3 is 1.33 bits per heavy atom. The summed E-state index contributed by atoms with van der Waals surface area (Å²) in [6.07, 6.45) is 3.28. The summed E-state index contributed by atoms with van der Waals surface area (Å²) in [7, 11) is 0. The molecule has 42 heavy (non-hydrogen) atoms. The van der Waals surface area contributed by atoms with E-state index in [9.17, 15) is 9.59 Å². The highest BCUT2D eigenvalue weighted by molar-refractivity contribution is 6.13. The van der Waals surface area contributed by atoms with Gasteiger partial charge in [-0.1, -0.05) is 72.8 Å². The van der Waals surface area contributed by atoms with Gasteiger partial charge in [-0.2, -0.15) is 0 Å². The first-order valence-corrected chi connectivity index (χ1v) is 13.2. The molecule has 0 radical (unpaired) electrons. The lowest BCUT2D eigenvalue weighted by molar-refractivity contribution is -0.130. The van der Waals surface area contributed by atoms with E-state index in [0.717, 1.165) is 11.1 Å². The predicted octanol–water partition coefficient (Wildman–Crippen LogP) is 5.83. The van der Waals surface area contributed by atoms with Crippen LogP contribution in [0.3, 0.4) is 0 Å². The first-order chi connectivity index (χ1) is 20.6. The van der Waals surface area contributed by atoms with Gasteiger partial charge < -0.3 is 18.9 Å². The van der Waals surface area contributed by atoms with Crippen LogP contribution in [0.2, 0.25) is 0 Å². The maximum Gasteiger partial charge on any atom is 0.363 e. The summed E-state index contributed by atoms with van der Waals surface area (Å²) in [6.45, 7) is 0.457. The van der Waals surface area contributed by atoms with Crippen molar-refractivity contribution in [2.24, 2.45) is 9.98 Å². The van der Waals surface area contributed by atoms with E-state index in [2.05, 4.69) is 9.98 Å². The molecule has 0 unspecified atom stereocenters. The van der Waals surface area contributed by atoms with Crippen molar-refractivity contribution in [3.8, 4) is 11.5 Å². The maximum atomic E-state index is 12.4. The fraction of sp³-hybridized carbons (Fsp3) is 0.0588. The molecule has 0 saturated carbocycles. The van der Waals surface area contributed by atoms with Crippen LogP contribution in [-0.2, 0) is 19.1 Å². The van der Waals surface area contributed by atoms with Gasteiger partial charge in [-0.15, -0.1) is 0 Å². The van der Waals surface area contributed by atoms with Crippen molar-refractivity contribution in [3.63, 3.8) is 0 Å². The van der Waals surface area contributed by atoms with Crippen LogP contribution in [0.1, 0.15) is 22.3 Å². The number of nitrogens with zero attached hydrogens (tertiary/aromatic N) is 2. The van der Waals surface area contributed by atoms with Crippen molar-refractivity contribution < 1.29 is 28.5 Å². The molecule has 0 aliphatic carbocycles. The van der Waals surface area contributed by atoms with Crippen molar-refractivity contribution in [3.05, 3.63) is 143 Å². The maximum absolute atomic E-state index is 12.4. The fourth-order valence-electron chi connectivity index (χ4n) is 4.29. The topological polar surface area (TPSA) is 95.8 Å². The molecular weight excluding hydrogens is 532 g/mol. The fourth-order valence-corrected chi connectivity index (χ4v) is 4.29. The third-order valence-electron chi connectivity index (χ3n) is 6.30. The Morgan fingerprint density at radius 2 is 0.905 bits per heavy atom. The first kappa shape index (κ1) is 26.5. The molecule has 0 atom stereocenters. The molecule has 0 fully saturated rings. The lowest BCUT2D eigenvalue weighted by atomic mass is 10.1. The van der Waals surface area contributed by atoms with Gasteiger partial charge in [0, 0.05) is 22.3 Å². The minimum absolute atomic E-state index is 0.187. The average molecular weight is 557 g/mol. The second-order valence-electron chi connectivity index (χ2n) is 9.18. The van der Waals surface area contributed by atoms with Crippen LogP contribution in [0.5, 0.6) is 11.5 Å². The van der Waals surface area contributed by atoms with Crippen LogP contribution in [0, 0.1) is 0 Å². The highest BCUT2D eigenvalue weighted by Crippen LogP contribution is 2.27. The third-order valence-corrected chi connectivity index (χ3v) is 6.30. The molecule has 8 nitrogen and oxygen atoms in total. The zero-order valence-electron chi connectivity index (χ0n) is 22.3. The van der Waals surface area contributed by atoms with Crippen molar-refractivity contribution in [1.29, 1.82) is 0 Å². The Morgan fingerprint density at radius 1 is 0.524 bits per heavy atom. The molecule has 2 aliphatic heterocycles. The number of rotatable bonds is 9. The van der Waals surface area contributed by atoms with Crippen molar-refractivity contribution >= 4 is 35.9 Å². The number of hydrogen-bond acceptors (Lipinski definition) is 8. The monoisotopic (exact) mass is 556 g/mol. The number of carbonyl (C=O) groups is 2. The minimum atomic E-state index is -0.524. The zero-order valence-corrected chi connectivity index (χ0v) is 22.3. The molecule has 0 N–H and O–H groups in total. The minimum Gasteiger partial charge on any atom is -0.489 e. The molecular formula is C34H24N2O6. The molecule has 0 bridgehead atoms. The summed E-state index contributed by atoms with van der Waals surface area (Å²) < 4.78 is 22.7. The number of esters is 2. The van der Waals surface area contributed by atoms with E-state index in [-0.39, 0.29) is 36.4 Å². The average Bonchev–Trinajstić information content (AvgIpc) is 3.59. The van der Waals surface area contributed by atoms with E-state index in [1.54, 1.807) is 24.3 Å². The summed E-state index contributed by atoms with van der Waals surface area (Å²) in [5, 5.41) is 0. The van der Waals surface area contributed by atoms with Gasteiger partial charge in [-0.25, -0.2) is 19.6 Å². The second-order valence-corrected chi connectivity index (χ2v) is 9.18. The summed E-state index contributed by atoms with van der Waals surface area (Å²) in [6, 6.07) is 33.2. The number of hydrogen-bond donors (Lipinski definition) is 0. The second kappa shape index (κ2) is 12.2. The molecule has 4 aromatic rings. The molecule has 6 rings (SSSR count). The lowest BCUT2D eigenvalue weighted by Crippen LogP contribution is -2.10. The molecule has 2 heterocycles. The molecule has 8 heteroatoms. The van der Waals surface area contributed by atoms with E-state index in [1.165, 1.54) is 0 Å². The van der Waals surface area contributed by atoms with E-state index in [4.69, 9.17) is 18.9 Å². The highest BCUT2D eigenvalue weighted by Gasteiger charge is 2.25. The first-order valence-electron chi connectivity index (χ1n) is 13.2. The van der Waals surface area contributed by atoms with Crippen LogP contribution in [-0.4, -0.2) is 36.9 Å². The van der Waals surface area contributed by atoms with Crippen molar-refractivity contribution in [2.75, 3.05) is 13.2 Å². The number of carbonyl (C=O) groups excluding carboxylic acids is 2. The molecule has 0 saturated heterocycles. The highest BCUT2D eigenvalue weighted by atomic mass is 16.6. The summed E-state index contributed by atoms with van der Waals surface area (Å²) in [5.41, 5.74) is 3.18. The standard InChI is InChI=1S/C34H24N2O6/c37-33-27(35-31(41-33)23-11-3-1-4-12-23)21-25-15-7-9-17-29(25)39-19-20-40-30-18-10-8-16-26(30)22-28-34(38)42-32(36-28)24-13-5-2-6-14-24/h1-18,21-22H,19-20H2/b27-21-,28-22-. The van der Waals surface area contributed by atoms with Gasteiger partial charge in [0.05, 0.1) is 0 Å². The van der Waals surface area contributed by atoms with Crippen molar-refractivity contribution in [2.45, 2.75) is 0 Å². The van der Waals surface area contributed by atoms with Crippen molar-refractivity contribution in [1.82, 2.24) is 0 Å². The molecule has 0 spiro atoms. The summed E-state index contributed by atoms with van der Waals surface area (Å²) >= 11 is 0. The van der Waals surface area contributed by atoms with Gasteiger partial charge in [0.15, 0.2) is 11.4 Å². The Balaban J connectivity index is 1.12. The third kappa shape index (κ3) is 6.03. The lowest BCUT2D eigenvalue weighted by Gasteiger charge is -2.12. The quantitative estimate of drug-likeness (QED) is 0.146. The van der Waals surface area contributed by atoms with Gasteiger partial charge in [0.1, 0.15) is 24.7 Å². The number of cyclic esters (lactones) is 2. The summed E-state index contributed by atoms with van der Waals surface area (Å²) in [4.78, 5) is 33.6. The molecule has 206 valence electrons. The van der Waals surface area contributed by atoms with Gasteiger partial charge in [0.25, 0.3) is 0 Å². The Hall–Kier alpha value is -5.76. The number of ether oxygens (including phenoxy) is 4. The number of para-hydroxylation sites is 2. The Bertz CT molecular complexity index is 1630. The van der Waals surface area contributed by atoms with Crippen LogP contribution >= 0.6 is 0 Å². The number of benzene rings is 4. The molecule has 0 amide bonds. The molecule has 4 aromatic carbocycles. The predicted molar refractivity (Wildman–Crippen MR) is 158 cm³/mol. The molecule has 2 aliphatic rings. The van der Waals surface area contributed by atoms with Crippen LogP contribution < -0.4 is 9.47 Å². The van der Waals surface area contributed by atoms with Gasteiger partial charge >= 0.3 is 11.9 Å². The smallest absolute Gasteiger partial charge is 0.363 e. The van der Waals surface area contributed by atoms with Crippen LogP contribution in [0.4, 0.5) is 0 Å². The largest absolute Gasteiger partial charge is 0.489 e. The Kier molecular flexibility index (Phi) is 7.67. The van der Waals surface area contributed by atoms with E-state index in [1.807, 2.05) is 97.1 Å². The van der Waals surface area contributed by atoms with E-state index < -0.39 is 11.9 Å². The van der Waals surface area contributed by atoms with Crippen LogP contribution in [0.25, 0.3) is 12.2 Å². The van der Waals surface area contributed by atoms with Gasteiger partial charge in [-0.05, 0) is 48.6 Å². The van der Waals surface area contributed by atoms with Crippen LogP contribution in [0.15, 0.2) is 131 Å². The normalized spacial score (nSPS) is 16.2. The zero-order chi connectivity index (χ0) is 28.7. The summed E-state index contributed by atoms with van der Waals surface area (Å²) in [5.74, 6) is 0.613. The van der Waals surface area contributed by atoms with Gasteiger partial charge in [-0.3, -0.25) is 0 Å². The Labute approximate surface area is 241 Å².